The molecule has 7 heteroatoms. The molecule has 1 aliphatic heterocycles. The highest BCUT2D eigenvalue weighted by atomic mass is 16.5. The quantitative estimate of drug-likeness (QED) is 0.823. The number of ether oxygens (including phenoxy) is 1. The summed E-state index contributed by atoms with van der Waals surface area (Å²) in [6.07, 6.45) is 1.23. The molecule has 0 spiro atoms. The molecule has 7 nitrogen and oxygen atoms in total. The van der Waals surface area contributed by atoms with E-state index in [0.29, 0.717) is 25.1 Å². The Morgan fingerprint density at radius 3 is 2.71 bits per heavy atom. The number of aliphatic carboxylic acids is 1. The Bertz CT molecular complexity index is 877. The third-order valence-electron chi connectivity index (χ3n) is 5.02. The third-order valence-corrected chi connectivity index (χ3v) is 5.02. The molecule has 0 bridgehead atoms. The van der Waals surface area contributed by atoms with Crippen LogP contribution in [0.4, 0.5) is 0 Å². The fourth-order valence-electron chi connectivity index (χ4n) is 3.37. The number of likely N-dealkylation sites (tertiary alicyclic amines) is 1. The van der Waals surface area contributed by atoms with Crippen LogP contribution in [0.25, 0.3) is 10.8 Å². The van der Waals surface area contributed by atoms with E-state index >= 15 is 0 Å². The molecule has 1 unspecified atom stereocenters. The first-order valence-electron chi connectivity index (χ1n) is 9.31. The second-order valence-corrected chi connectivity index (χ2v) is 7.03. The topological polar surface area (TPSA) is 87.2 Å². The summed E-state index contributed by atoms with van der Waals surface area (Å²) in [6.45, 7) is 0.458. The molecule has 1 aliphatic rings. The number of benzene rings is 2. The van der Waals surface area contributed by atoms with E-state index in [4.69, 9.17) is 9.84 Å². The highest BCUT2D eigenvalue weighted by Crippen LogP contribution is 2.25. The van der Waals surface area contributed by atoms with Crippen molar-refractivity contribution in [1.29, 1.82) is 0 Å². The average Bonchev–Trinajstić information content (AvgIpc) is 2.71. The van der Waals surface area contributed by atoms with E-state index in [0.717, 1.165) is 10.8 Å². The molecule has 2 amide bonds. The van der Waals surface area contributed by atoms with Gasteiger partial charge in [-0.15, -0.1) is 0 Å². The summed E-state index contributed by atoms with van der Waals surface area (Å²) >= 11 is 0. The van der Waals surface area contributed by atoms with Crippen molar-refractivity contribution < 1.29 is 24.2 Å². The van der Waals surface area contributed by atoms with Crippen molar-refractivity contribution in [1.82, 2.24) is 9.80 Å². The van der Waals surface area contributed by atoms with Gasteiger partial charge in [-0.1, -0.05) is 36.4 Å². The maximum Gasteiger partial charge on any atom is 0.308 e. The second-order valence-electron chi connectivity index (χ2n) is 7.03. The van der Waals surface area contributed by atoms with Gasteiger partial charge in [0.2, 0.25) is 5.91 Å². The summed E-state index contributed by atoms with van der Waals surface area (Å²) in [6, 6.07) is 13.4. The Morgan fingerprint density at radius 1 is 1.18 bits per heavy atom. The highest BCUT2D eigenvalue weighted by Gasteiger charge is 2.29. The maximum atomic E-state index is 12.4. The number of carboxylic acids is 1. The molecule has 2 aromatic carbocycles. The van der Waals surface area contributed by atoms with Gasteiger partial charge >= 0.3 is 5.97 Å². The number of amides is 2. The van der Waals surface area contributed by atoms with Crippen molar-refractivity contribution in [3.63, 3.8) is 0 Å². The van der Waals surface area contributed by atoms with Gasteiger partial charge in [-0.3, -0.25) is 14.4 Å². The Labute approximate surface area is 163 Å². The van der Waals surface area contributed by atoms with Gasteiger partial charge in [-0.05, 0) is 24.3 Å². The summed E-state index contributed by atoms with van der Waals surface area (Å²) in [5.41, 5.74) is 0. The monoisotopic (exact) mass is 384 g/mol. The number of hydrogen-bond acceptors (Lipinski definition) is 4. The van der Waals surface area contributed by atoms with E-state index in [9.17, 15) is 14.4 Å². The van der Waals surface area contributed by atoms with Crippen molar-refractivity contribution in [2.45, 2.75) is 12.8 Å². The Hall–Kier alpha value is -3.09. The molecule has 0 aliphatic carbocycles. The Morgan fingerprint density at radius 2 is 1.93 bits per heavy atom. The standard InChI is InChI=1S/C21H24N2O5/c1-22(13-19(24)23-11-5-8-16(12-23)21(26)27)20(25)14-28-18-10-4-7-15-6-2-3-9-17(15)18/h2-4,6-7,9-10,16H,5,8,11-14H2,1H3,(H,26,27). The van der Waals surface area contributed by atoms with Crippen LogP contribution in [0, 0.1) is 5.92 Å². The van der Waals surface area contributed by atoms with E-state index in [-0.39, 0.29) is 31.5 Å². The van der Waals surface area contributed by atoms with Crippen molar-refractivity contribution in [3.05, 3.63) is 42.5 Å². The third kappa shape index (κ3) is 4.60. The van der Waals surface area contributed by atoms with E-state index < -0.39 is 11.9 Å². The zero-order valence-electron chi connectivity index (χ0n) is 15.8. The average molecular weight is 384 g/mol. The first kappa shape index (κ1) is 19.7. The lowest BCUT2D eigenvalue weighted by molar-refractivity contribution is -0.147. The number of fused-ring (bicyclic) bond motifs is 1. The Kier molecular flexibility index (Phi) is 6.13. The molecule has 0 radical (unpaired) electrons. The normalized spacial score (nSPS) is 16.6. The number of carboxylic acid groups (broad SMARTS) is 1. The van der Waals surface area contributed by atoms with Crippen LogP contribution in [0.2, 0.25) is 0 Å². The smallest absolute Gasteiger partial charge is 0.308 e. The lowest BCUT2D eigenvalue weighted by Gasteiger charge is -2.32. The van der Waals surface area contributed by atoms with E-state index in [1.807, 2.05) is 36.4 Å². The molecular formula is C21H24N2O5. The first-order chi connectivity index (χ1) is 13.5. The summed E-state index contributed by atoms with van der Waals surface area (Å²) < 4.78 is 5.68. The van der Waals surface area contributed by atoms with Crippen molar-refractivity contribution in [2.75, 3.05) is 33.3 Å². The molecule has 1 N–H and O–H groups in total. The van der Waals surface area contributed by atoms with Gasteiger partial charge in [0.15, 0.2) is 6.61 Å². The second kappa shape index (κ2) is 8.73. The van der Waals surface area contributed by atoms with Crippen LogP contribution in [0.15, 0.2) is 42.5 Å². The van der Waals surface area contributed by atoms with Crippen molar-refractivity contribution >= 4 is 28.6 Å². The van der Waals surface area contributed by atoms with Crippen LogP contribution in [0.1, 0.15) is 12.8 Å². The summed E-state index contributed by atoms with van der Waals surface area (Å²) in [5, 5.41) is 11.1. The van der Waals surface area contributed by atoms with Crippen LogP contribution in [-0.2, 0) is 14.4 Å². The molecule has 1 fully saturated rings. The van der Waals surface area contributed by atoms with Gasteiger partial charge < -0.3 is 19.6 Å². The molecule has 3 rings (SSSR count). The van der Waals surface area contributed by atoms with Crippen molar-refractivity contribution in [2.24, 2.45) is 5.92 Å². The van der Waals surface area contributed by atoms with Gasteiger partial charge in [0.05, 0.1) is 12.5 Å². The lowest BCUT2D eigenvalue weighted by Crippen LogP contribution is -2.47. The largest absolute Gasteiger partial charge is 0.483 e. The van der Waals surface area contributed by atoms with Crippen LogP contribution < -0.4 is 4.74 Å². The zero-order chi connectivity index (χ0) is 20.1. The molecule has 1 saturated heterocycles. The molecule has 28 heavy (non-hydrogen) atoms. The van der Waals surface area contributed by atoms with Gasteiger partial charge in [-0.25, -0.2) is 0 Å². The van der Waals surface area contributed by atoms with Crippen LogP contribution in [0.5, 0.6) is 5.75 Å². The fraction of sp³-hybridized carbons (Fsp3) is 0.381. The number of likely N-dealkylation sites (N-methyl/N-ethyl adjacent to an activating group) is 1. The number of hydrogen-bond donors (Lipinski definition) is 1. The first-order valence-corrected chi connectivity index (χ1v) is 9.31. The predicted octanol–water partition coefficient (Wildman–Crippen LogP) is 2.00. The number of carbonyl (C=O) groups is 3. The summed E-state index contributed by atoms with van der Waals surface area (Å²) in [5.74, 6) is -1.36. The molecular weight excluding hydrogens is 360 g/mol. The zero-order valence-corrected chi connectivity index (χ0v) is 15.8. The van der Waals surface area contributed by atoms with Crippen LogP contribution >= 0.6 is 0 Å². The van der Waals surface area contributed by atoms with E-state index in [2.05, 4.69) is 0 Å². The van der Waals surface area contributed by atoms with Gasteiger partial charge in [0.1, 0.15) is 5.75 Å². The minimum absolute atomic E-state index is 0.0932. The molecule has 1 heterocycles. The summed E-state index contributed by atoms with van der Waals surface area (Å²) in [4.78, 5) is 38.8. The molecule has 0 aromatic heterocycles. The fourth-order valence-corrected chi connectivity index (χ4v) is 3.37. The highest BCUT2D eigenvalue weighted by molar-refractivity contribution is 5.89. The molecule has 1 atom stereocenters. The van der Waals surface area contributed by atoms with Gasteiger partial charge in [0.25, 0.3) is 5.91 Å². The van der Waals surface area contributed by atoms with Crippen molar-refractivity contribution in [3.8, 4) is 5.75 Å². The number of carbonyl (C=O) groups excluding carboxylic acids is 2. The van der Waals surface area contributed by atoms with Gasteiger partial charge in [-0.2, -0.15) is 0 Å². The van der Waals surface area contributed by atoms with Gasteiger partial charge in [0, 0.05) is 25.5 Å². The molecule has 0 saturated carbocycles. The van der Waals surface area contributed by atoms with E-state index in [1.54, 1.807) is 13.1 Å². The minimum atomic E-state index is -0.884. The SMILES string of the molecule is CN(CC(=O)N1CCCC(C(=O)O)C1)C(=O)COc1cccc2ccccc12. The van der Waals surface area contributed by atoms with Crippen LogP contribution in [-0.4, -0.2) is 66.0 Å². The maximum absolute atomic E-state index is 12.4. The predicted molar refractivity (Wildman–Crippen MR) is 104 cm³/mol. The number of rotatable bonds is 6. The lowest BCUT2D eigenvalue weighted by atomic mass is 9.98. The number of piperidine rings is 1. The molecule has 2 aromatic rings. The Balaban J connectivity index is 1.54. The molecule has 148 valence electrons. The summed E-state index contributed by atoms with van der Waals surface area (Å²) in [7, 11) is 1.55. The number of nitrogens with zero attached hydrogens (tertiary/aromatic N) is 2. The minimum Gasteiger partial charge on any atom is -0.483 e. The van der Waals surface area contributed by atoms with Crippen LogP contribution in [0.3, 0.4) is 0 Å². The van der Waals surface area contributed by atoms with E-state index in [1.165, 1.54) is 9.80 Å².